The molecule has 0 saturated carbocycles. The van der Waals surface area contributed by atoms with Gasteiger partial charge in [-0.05, 0) is 13.6 Å². The lowest BCUT2D eigenvalue weighted by Crippen LogP contribution is -2.38. The van der Waals surface area contributed by atoms with E-state index in [4.69, 9.17) is 5.84 Å². The SMILES string of the molecule is CCN(C)CC(=O)NN.Cl.Cl. The van der Waals surface area contributed by atoms with Crippen molar-refractivity contribution in [2.75, 3.05) is 20.1 Å². The number of hydrazine groups is 1. The Morgan fingerprint density at radius 2 is 2.00 bits per heavy atom. The molecule has 3 N–H and O–H groups in total. The van der Waals surface area contributed by atoms with Crippen LogP contribution in [-0.4, -0.2) is 30.9 Å². The van der Waals surface area contributed by atoms with Crippen LogP contribution >= 0.6 is 24.8 Å². The summed E-state index contributed by atoms with van der Waals surface area (Å²) in [5.41, 5.74) is 2.05. The minimum Gasteiger partial charge on any atom is -0.298 e. The van der Waals surface area contributed by atoms with Crippen molar-refractivity contribution in [1.82, 2.24) is 10.3 Å². The van der Waals surface area contributed by atoms with Gasteiger partial charge in [0, 0.05) is 0 Å². The quantitative estimate of drug-likeness (QED) is 0.379. The van der Waals surface area contributed by atoms with Crippen LogP contribution in [0.4, 0.5) is 0 Å². The summed E-state index contributed by atoms with van der Waals surface area (Å²) in [6.45, 7) is 3.20. The summed E-state index contributed by atoms with van der Waals surface area (Å²) in [5.74, 6) is 4.70. The first-order chi connectivity index (χ1) is 4.20. The molecule has 6 heteroatoms. The lowest BCUT2D eigenvalue weighted by atomic mass is 10.5. The molecule has 0 atom stereocenters. The van der Waals surface area contributed by atoms with Crippen molar-refractivity contribution >= 4 is 30.7 Å². The van der Waals surface area contributed by atoms with E-state index < -0.39 is 0 Å². The lowest BCUT2D eigenvalue weighted by Gasteiger charge is -2.10. The lowest BCUT2D eigenvalue weighted by molar-refractivity contribution is -0.121. The first-order valence-corrected chi connectivity index (χ1v) is 2.88. The van der Waals surface area contributed by atoms with Gasteiger partial charge in [-0.3, -0.25) is 15.1 Å². The summed E-state index contributed by atoms with van der Waals surface area (Å²) in [7, 11) is 1.86. The van der Waals surface area contributed by atoms with Crippen LogP contribution in [0.1, 0.15) is 6.92 Å². The van der Waals surface area contributed by atoms with Crippen molar-refractivity contribution in [3.8, 4) is 0 Å². The third kappa shape index (κ3) is 9.97. The molecule has 0 aromatic heterocycles. The number of carbonyl (C=O) groups excluding carboxylic acids is 1. The molecule has 0 fully saturated rings. The Bertz CT molecular complexity index is 102. The number of amides is 1. The second kappa shape index (κ2) is 9.97. The molecule has 1 amide bonds. The smallest absolute Gasteiger partial charge is 0.248 e. The first-order valence-electron chi connectivity index (χ1n) is 2.88. The molecule has 0 spiro atoms. The fraction of sp³-hybridized carbons (Fsp3) is 0.800. The summed E-state index contributed by atoms with van der Waals surface area (Å²) in [5, 5.41) is 0. The van der Waals surface area contributed by atoms with Gasteiger partial charge in [0.15, 0.2) is 0 Å². The van der Waals surface area contributed by atoms with Crippen molar-refractivity contribution in [3.63, 3.8) is 0 Å². The molecule has 0 aromatic rings. The number of hydrogen-bond acceptors (Lipinski definition) is 3. The van der Waals surface area contributed by atoms with Crippen LogP contribution in [0.3, 0.4) is 0 Å². The maximum Gasteiger partial charge on any atom is 0.248 e. The average molecular weight is 204 g/mol. The van der Waals surface area contributed by atoms with Crippen LogP contribution in [-0.2, 0) is 4.79 Å². The highest BCUT2D eigenvalue weighted by atomic mass is 35.5. The summed E-state index contributed by atoms with van der Waals surface area (Å²) < 4.78 is 0. The summed E-state index contributed by atoms with van der Waals surface area (Å²) in [6, 6.07) is 0. The molecule has 11 heavy (non-hydrogen) atoms. The van der Waals surface area contributed by atoms with Crippen LogP contribution in [0.25, 0.3) is 0 Å². The number of nitrogens with one attached hydrogen (secondary N) is 1. The monoisotopic (exact) mass is 203 g/mol. The predicted molar refractivity (Wildman–Crippen MR) is 50.0 cm³/mol. The molecule has 0 bridgehead atoms. The van der Waals surface area contributed by atoms with Gasteiger partial charge in [-0.15, -0.1) is 24.8 Å². The Morgan fingerprint density at radius 1 is 1.55 bits per heavy atom. The highest BCUT2D eigenvalue weighted by Crippen LogP contribution is 1.77. The van der Waals surface area contributed by atoms with Crippen molar-refractivity contribution in [1.29, 1.82) is 0 Å². The van der Waals surface area contributed by atoms with Crippen LogP contribution < -0.4 is 11.3 Å². The van der Waals surface area contributed by atoms with Crippen molar-refractivity contribution < 1.29 is 4.79 Å². The molecule has 0 aliphatic heterocycles. The number of nitrogens with two attached hydrogens (primary N) is 1. The number of nitrogens with zero attached hydrogens (tertiary/aromatic N) is 1. The highest BCUT2D eigenvalue weighted by Gasteiger charge is 1.99. The largest absolute Gasteiger partial charge is 0.298 e. The molecule has 0 radical (unpaired) electrons. The molecule has 0 aromatic carbocycles. The molecule has 4 nitrogen and oxygen atoms in total. The molecular formula is C5H15Cl2N3O. The van der Waals surface area contributed by atoms with Crippen LogP contribution in [0.5, 0.6) is 0 Å². The molecule has 0 unspecified atom stereocenters. The van der Waals surface area contributed by atoms with Gasteiger partial charge in [0.2, 0.25) is 5.91 Å². The molecule has 0 aliphatic rings. The van der Waals surface area contributed by atoms with E-state index in [0.29, 0.717) is 6.54 Å². The Hall–Kier alpha value is -0.0300. The maximum atomic E-state index is 10.5. The second-order valence-electron chi connectivity index (χ2n) is 1.90. The van der Waals surface area contributed by atoms with Crippen LogP contribution in [0, 0.1) is 0 Å². The van der Waals surface area contributed by atoms with E-state index >= 15 is 0 Å². The minimum atomic E-state index is -0.153. The third-order valence-corrected chi connectivity index (χ3v) is 1.11. The van der Waals surface area contributed by atoms with E-state index in [-0.39, 0.29) is 30.7 Å². The van der Waals surface area contributed by atoms with Gasteiger partial charge in [-0.2, -0.15) is 0 Å². The molecule has 0 saturated heterocycles. The fourth-order valence-corrected chi connectivity index (χ4v) is 0.403. The van der Waals surface area contributed by atoms with E-state index in [2.05, 4.69) is 0 Å². The average Bonchev–Trinajstić information content (AvgIpc) is 1.87. The number of likely N-dealkylation sites (N-methyl/N-ethyl adjacent to an activating group) is 1. The van der Waals surface area contributed by atoms with Crippen LogP contribution in [0.2, 0.25) is 0 Å². The molecule has 0 aliphatic carbocycles. The normalized spacial score (nSPS) is 8.00. The topological polar surface area (TPSA) is 58.4 Å². The summed E-state index contributed by atoms with van der Waals surface area (Å²) >= 11 is 0. The van der Waals surface area contributed by atoms with Crippen LogP contribution in [0.15, 0.2) is 0 Å². The van der Waals surface area contributed by atoms with E-state index in [1.807, 2.05) is 24.3 Å². The van der Waals surface area contributed by atoms with E-state index in [9.17, 15) is 4.79 Å². The fourth-order valence-electron chi connectivity index (χ4n) is 0.403. The van der Waals surface area contributed by atoms with Gasteiger partial charge in [-0.25, -0.2) is 5.84 Å². The van der Waals surface area contributed by atoms with Gasteiger partial charge in [0.25, 0.3) is 0 Å². The zero-order valence-electron chi connectivity index (χ0n) is 6.66. The predicted octanol–water partition coefficient (Wildman–Crippen LogP) is -0.228. The van der Waals surface area contributed by atoms with E-state index in [1.54, 1.807) is 0 Å². The summed E-state index contributed by atoms with van der Waals surface area (Å²) in [4.78, 5) is 12.4. The zero-order valence-corrected chi connectivity index (χ0v) is 8.30. The van der Waals surface area contributed by atoms with Crippen molar-refractivity contribution in [3.05, 3.63) is 0 Å². The third-order valence-electron chi connectivity index (χ3n) is 1.11. The minimum absolute atomic E-state index is 0. The maximum absolute atomic E-state index is 10.5. The molecule has 0 rings (SSSR count). The van der Waals surface area contributed by atoms with Gasteiger partial charge in [0.05, 0.1) is 6.54 Å². The van der Waals surface area contributed by atoms with Gasteiger partial charge >= 0.3 is 0 Å². The molecule has 70 valence electrons. The number of carbonyl (C=O) groups is 1. The molecule has 0 heterocycles. The van der Waals surface area contributed by atoms with Crippen molar-refractivity contribution in [2.24, 2.45) is 5.84 Å². The number of rotatable bonds is 3. The second-order valence-corrected chi connectivity index (χ2v) is 1.90. The van der Waals surface area contributed by atoms with E-state index in [1.165, 1.54) is 0 Å². The van der Waals surface area contributed by atoms with Gasteiger partial charge in [0.1, 0.15) is 0 Å². The van der Waals surface area contributed by atoms with Gasteiger partial charge in [-0.1, -0.05) is 6.92 Å². The van der Waals surface area contributed by atoms with Gasteiger partial charge < -0.3 is 0 Å². The standard InChI is InChI=1S/C5H13N3O.2ClH/c1-3-8(2)4-5(9)7-6;;/h3-4,6H2,1-2H3,(H,7,9);2*1H. The van der Waals surface area contributed by atoms with Crippen molar-refractivity contribution in [2.45, 2.75) is 6.92 Å². The zero-order chi connectivity index (χ0) is 7.28. The highest BCUT2D eigenvalue weighted by molar-refractivity contribution is 5.85. The molecular weight excluding hydrogens is 189 g/mol. The number of halogens is 2. The Labute approximate surface area is 79.3 Å². The first kappa shape index (κ1) is 17.2. The number of hydrogen-bond donors (Lipinski definition) is 2. The Balaban J connectivity index is -0.000000320. The Kier molecular flexibility index (Phi) is 15.6. The van der Waals surface area contributed by atoms with E-state index in [0.717, 1.165) is 6.54 Å². The Morgan fingerprint density at radius 3 is 2.27 bits per heavy atom. The summed E-state index contributed by atoms with van der Waals surface area (Å²) in [6.07, 6.45) is 0.